The minimum absolute atomic E-state index is 0. The van der Waals surface area contributed by atoms with Gasteiger partial charge >= 0.3 is 0 Å². The van der Waals surface area contributed by atoms with Crippen LogP contribution >= 0.6 is 24.0 Å². The molecule has 0 aromatic carbocycles. The second kappa shape index (κ2) is 11.7. The van der Waals surface area contributed by atoms with Gasteiger partial charge in [0.15, 0.2) is 5.96 Å². The maximum absolute atomic E-state index is 11.4. The Bertz CT molecular complexity index is 441. The van der Waals surface area contributed by atoms with Crippen molar-refractivity contribution in [1.82, 2.24) is 20.4 Å². The van der Waals surface area contributed by atoms with Crippen LogP contribution in [0.25, 0.3) is 0 Å². The molecule has 2 aliphatic rings. The Morgan fingerprint density at radius 1 is 1.20 bits per heavy atom. The molecule has 0 aromatic rings. The number of nitrogens with zero attached hydrogens (tertiary/aromatic N) is 3. The van der Waals surface area contributed by atoms with Crippen LogP contribution in [0.2, 0.25) is 0 Å². The van der Waals surface area contributed by atoms with Crippen molar-refractivity contribution in [2.24, 2.45) is 10.9 Å². The van der Waals surface area contributed by atoms with E-state index < -0.39 is 0 Å². The van der Waals surface area contributed by atoms with Crippen molar-refractivity contribution in [2.75, 3.05) is 46.3 Å². The third-order valence-electron chi connectivity index (χ3n) is 5.16. The quantitative estimate of drug-likeness (QED) is 0.282. The Balaban J connectivity index is 0.00000312. The van der Waals surface area contributed by atoms with Crippen molar-refractivity contribution < 1.29 is 4.79 Å². The van der Waals surface area contributed by atoms with Crippen molar-refractivity contribution >= 4 is 35.8 Å². The first-order valence-corrected chi connectivity index (χ1v) is 9.18. The monoisotopic (exact) mass is 463 g/mol. The normalized spacial score (nSPS) is 20.7. The van der Waals surface area contributed by atoms with Crippen molar-refractivity contribution in [2.45, 2.75) is 38.6 Å². The standard InChI is InChI=1S/C18H33N5O.HI/c1-4-9-22-10-7-17(8-11-22)21-18(19-3)20-14-16-5-12-23(13-6-16)15(2)24;/h4,16-17H,1,5-14H2,2-3H3,(H2,19,20,21);1H. The summed E-state index contributed by atoms with van der Waals surface area (Å²) in [6.45, 7) is 11.4. The lowest BCUT2D eigenvalue weighted by Gasteiger charge is -2.33. The van der Waals surface area contributed by atoms with E-state index in [1.807, 2.05) is 18.0 Å². The van der Waals surface area contributed by atoms with Gasteiger partial charge in [0.05, 0.1) is 0 Å². The Labute approximate surface area is 169 Å². The van der Waals surface area contributed by atoms with Crippen LogP contribution in [0.3, 0.4) is 0 Å². The van der Waals surface area contributed by atoms with Gasteiger partial charge in [-0.2, -0.15) is 0 Å². The number of aliphatic imine (C=N–C) groups is 1. The van der Waals surface area contributed by atoms with E-state index in [4.69, 9.17) is 0 Å². The van der Waals surface area contributed by atoms with E-state index in [0.29, 0.717) is 12.0 Å². The van der Waals surface area contributed by atoms with E-state index in [2.05, 4.69) is 27.1 Å². The molecule has 0 bridgehead atoms. The number of rotatable bonds is 5. The van der Waals surface area contributed by atoms with Crippen molar-refractivity contribution in [3.05, 3.63) is 12.7 Å². The first-order valence-electron chi connectivity index (χ1n) is 9.18. The minimum Gasteiger partial charge on any atom is -0.356 e. The van der Waals surface area contributed by atoms with E-state index in [1.165, 1.54) is 0 Å². The lowest BCUT2D eigenvalue weighted by molar-refractivity contribution is -0.130. The molecule has 0 unspecified atom stereocenters. The fourth-order valence-electron chi connectivity index (χ4n) is 3.52. The van der Waals surface area contributed by atoms with Gasteiger partial charge in [-0.05, 0) is 31.6 Å². The molecule has 144 valence electrons. The number of amides is 1. The first-order chi connectivity index (χ1) is 11.6. The van der Waals surface area contributed by atoms with Crippen LogP contribution in [0.1, 0.15) is 32.6 Å². The number of carbonyl (C=O) groups is 1. The highest BCUT2D eigenvalue weighted by Crippen LogP contribution is 2.16. The molecule has 25 heavy (non-hydrogen) atoms. The van der Waals surface area contributed by atoms with Crippen LogP contribution in [0.15, 0.2) is 17.6 Å². The molecule has 0 aliphatic carbocycles. The van der Waals surface area contributed by atoms with Gasteiger partial charge in [0, 0.05) is 59.3 Å². The number of guanidine groups is 1. The maximum atomic E-state index is 11.4. The molecule has 2 N–H and O–H groups in total. The second-order valence-electron chi connectivity index (χ2n) is 6.91. The highest BCUT2D eigenvalue weighted by molar-refractivity contribution is 14.0. The molecule has 0 saturated carbocycles. The third kappa shape index (κ3) is 7.52. The van der Waals surface area contributed by atoms with Crippen LogP contribution in [-0.2, 0) is 4.79 Å². The number of nitrogens with one attached hydrogen (secondary N) is 2. The molecule has 0 atom stereocenters. The Kier molecular flexibility index (Phi) is 10.4. The van der Waals surface area contributed by atoms with Gasteiger partial charge in [0.2, 0.25) is 5.91 Å². The summed E-state index contributed by atoms with van der Waals surface area (Å²) in [7, 11) is 1.83. The summed E-state index contributed by atoms with van der Waals surface area (Å²) in [6.07, 6.45) is 6.41. The van der Waals surface area contributed by atoms with Crippen molar-refractivity contribution in [3.63, 3.8) is 0 Å². The highest BCUT2D eigenvalue weighted by Gasteiger charge is 2.22. The number of hydrogen-bond donors (Lipinski definition) is 2. The molecule has 2 heterocycles. The fourth-order valence-corrected chi connectivity index (χ4v) is 3.52. The molecule has 0 radical (unpaired) electrons. The first kappa shape index (κ1) is 22.2. The minimum atomic E-state index is 0. The molecule has 6 nitrogen and oxygen atoms in total. The van der Waals surface area contributed by atoms with Gasteiger partial charge < -0.3 is 15.5 Å². The molecular formula is C18H34IN5O. The van der Waals surface area contributed by atoms with Crippen molar-refractivity contribution in [3.8, 4) is 0 Å². The summed E-state index contributed by atoms with van der Waals surface area (Å²) in [6, 6.07) is 0.497. The van der Waals surface area contributed by atoms with Crippen LogP contribution in [-0.4, -0.2) is 74.0 Å². The largest absolute Gasteiger partial charge is 0.356 e. The molecule has 2 saturated heterocycles. The zero-order valence-corrected chi connectivity index (χ0v) is 18.0. The predicted molar refractivity (Wildman–Crippen MR) is 115 cm³/mol. The van der Waals surface area contributed by atoms with E-state index in [0.717, 1.165) is 70.9 Å². The Hall–Kier alpha value is -0.830. The molecule has 2 fully saturated rings. The summed E-state index contributed by atoms with van der Waals surface area (Å²) < 4.78 is 0. The van der Waals surface area contributed by atoms with Gasteiger partial charge in [-0.15, -0.1) is 30.6 Å². The van der Waals surface area contributed by atoms with Gasteiger partial charge in [-0.25, -0.2) is 0 Å². The maximum Gasteiger partial charge on any atom is 0.219 e. The topological polar surface area (TPSA) is 60.0 Å². The molecule has 0 spiro atoms. The zero-order chi connectivity index (χ0) is 17.4. The summed E-state index contributed by atoms with van der Waals surface area (Å²) in [5.74, 6) is 1.72. The van der Waals surface area contributed by atoms with Gasteiger partial charge in [0.25, 0.3) is 0 Å². The molecule has 0 aromatic heterocycles. The van der Waals surface area contributed by atoms with E-state index in [9.17, 15) is 4.79 Å². The van der Waals surface area contributed by atoms with Crippen LogP contribution in [0, 0.1) is 5.92 Å². The zero-order valence-electron chi connectivity index (χ0n) is 15.7. The smallest absolute Gasteiger partial charge is 0.219 e. The average Bonchev–Trinajstić information content (AvgIpc) is 2.60. The molecule has 2 rings (SSSR count). The lowest BCUT2D eigenvalue weighted by Crippen LogP contribution is -2.50. The average molecular weight is 463 g/mol. The molecule has 2 aliphatic heterocycles. The number of carbonyl (C=O) groups excluding carboxylic acids is 1. The second-order valence-corrected chi connectivity index (χ2v) is 6.91. The lowest BCUT2D eigenvalue weighted by atomic mass is 9.97. The molecule has 7 heteroatoms. The molecule has 1 amide bonds. The summed E-state index contributed by atoms with van der Waals surface area (Å²) >= 11 is 0. The number of likely N-dealkylation sites (tertiary alicyclic amines) is 2. The van der Waals surface area contributed by atoms with Gasteiger partial charge in [0.1, 0.15) is 0 Å². The SMILES string of the molecule is C=CCN1CCC(NC(=NC)NCC2CCN(C(C)=O)CC2)CC1.I. The van der Waals surface area contributed by atoms with E-state index in [1.54, 1.807) is 6.92 Å². The number of piperidine rings is 2. The summed E-state index contributed by atoms with van der Waals surface area (Å²) in [4.78, 5) is 20.1. The van der Waals surface area contributed by atoms with E-state index >= 15 is 0 Å². The third-order valence-corrected chi connectivity index (χ3v) is 5.16. The fraction of sp³-hybridized carbons (Fsp3) is 0.778. The number of hydrogen-bond acceptors (Lipinski definition) is 3. The van der Waals surface area contributed by atoms with Crippen LogP contribution < -0.4 is 10.6 Å². The summed E-state index contributed by atoms with van der Waals surface area (Å²) in [5.41, 5.74) is 0. The van der Waals surface area contributed by atoms with E-state index in [-0.39, 0.29) is 29.9 Å². The van der Waals surface area contributed by atoms with Gasteiger partial charge in [-0.1, -0.05) is 6.08 Å². The van der Waals surface area contributed by atoms with Crippen LogP contribution in [0.5, 0.6) is 0 Å². The van der Waals surface area contributed by atoms with Crippen LogP contribution in [0.4, 0.5) is 0 Å². The number of halogens is 1. The van der Waals surface area contributed by atoms with Crippen molar-refractivity contribution in [1.29, 1.82) is 0 Å². The highest BCUT2D eigenvalue weighted by atomic mass is 127. The molecular weight excluding hydrogens is 429 g/mol. The predicted octanol–water partition coefficient (Wildman–Crippen LogP) is 1.68. The van der Waals surface area contributed by atoms with Gasteiger partial charge in [-0.3, -0.25) is 14.7 Å². The Morgan fingerprint density at radius 3 is 2.36 bits per heavy atom. The summed E-state index contributed by atoms with van der Waals surface area (Å²) in [5, 5.41) is 7.03. The Morgan fingerprint density at radius 2 is 1.84 bits per heavy atom.